The number of rotatable bonds is 6. The van der Waals surface area contributed by atoms with Gasteiger partial charge >= 0.3 is 5.97 Å². The molecular weight excluding hydrogens is 282 g/mol. The van der Waals surface area contributed by atoms with E-state index in [1.807, 2.05) is 24.5 Å². The quantitative estimate of drug-likeness (QED) is 0.766. The molecule has 22 heavy (non-hydrogen) atoms. The Balaban J connectivity index is 2.87. The minimum absolute atomic E-state index is 0.0403. The second kappa shape index (κ2) is 6.50. The molecule has 0 aliphatic carbocycles. The van der Waals surface area contributed by atoms with Crippen LogP contribution in [0.3, 0.4) is 0 Å². The third-order valence-corrected chi connectivity index (χ3v) is 4.12. The standard InChI is InChI=1S/C17H23NO4/c1-4-12-8-13-15(11(3)20)10(2)18(6-5-7-19)16(13)14(9-12)17(21)22/h8-9,11,19-20H,4-7H2,1-3H3,(H,21,22). The van der Waals surface area contributed by atoms with Crippen LogP contribution < -0.4 is 0 Å². The van der Waals surface area contributed by atoms with Gasteiger partial charge < -0.3 is 19.9 Å². The Bertz CT molecular complexity index is 700. The van der Waals surface area contributed by atoms with E-state index in [9.17, 15) is 15.0 Å². The van der Waals surface area contributed by atoms with Gasteiger partial charge in [-0.1, -0.05) is 6.92 Å². The van der Waals surface area contributed by atoms with Gasteiger partial charge in [0, 0.05) is 29.8 Å². The Hall–Kier alpha value is -1.85. The summed E-state index contributed by atoms with van der Waals surface area (Å²) in [6.45, 7) is 6.12. The zero-order valence-electron chi connectivity index (χ0n) is 13.3. The number of fused-ring (bicyclic) bond motifs is 1. The molecule has 2 rings (SSSR count). The van der Waals surface area contributed by atoms with Gasteiger partial charge in [0.25, 0.3) is 0 Å². The minimum atomic E-state index is -0.972. The summed E-state index contributed by atoms with van der Waals surface area (Å²) >= 11 is 0. The largest absolute Gasteiger partial charge is 0.478 e. The Morgan fingerprint density at radius 2 is 2.05 bits per heavy atom. The van der Waals surface area contributed by atoms with Gasteiger partial charge in [-0.3, -0.25) is 0 Å². The molecule has 1 aromatic carbocycles. The van der Waals surface area contributed by atoms with Gasteiger partial charge in [-0.15, -0.1) is 0 Å². The Morgan fingerprint density at radius 1 is 1.36 bits per heavy atom. The molecule has 1 aromatic heterocycles. The van der Waals surface area contributed by atoms with Crippen LogP contribution >= 0.6 is 0 Å². The molecule has 2 aromatic rings. The van der Waals surface area contributed by atoms with E-state index in [4.69, 9.17) is 5.11 Å². The van der Waals surface area contributed by atoms with Gasteiger partial charge in [0.1, 0.15) is 0 Å². The molecule has 3 N–H and O–H groups in total. The highest BCUT2D eigenvalue weighted by Crippen LogP contribution is 2.34. The number of carbonyl (C=O) groups is 1. The number of hydrogen-bond acceptors (Lipinski definition) is 3. The summed E-state index contributed by atoms with van der Waals surface area (Å²) in [7, 11) is 0. The number of aliphatic hydroxyl groups excluding tert-OH is 2. The molecule has 1 unspecified atom stereocenters. The van der Waals surface area contributed by atoms with Crippen molar-refractivity contribution in [2.45, 2.75) is 46.3 Å². The van der Waals surface area contributed by atoms with Crippen LogP contribution in [0.2, 0.25) is 0 Å². The van der Waals surface area contributed by atoms with E-state index in [1.165, 1.54) is 0 Å². The summed E-state index contributed by atoms with van der Waals surface area (Å²) in [5, 5.41) is 29.6. The number of aromatic carboxylic acids is 1. The minimum Gasteiger partial charge on any atom is -0.478 e. The lowest BCUT2D eigenvalue weighted by Gasteiger charge is -2.10. The van der Waals surface area contributed by atoms with Gasteiger partial charge in [0.05, 0.1) is 17.2 Å². The van der Waals surface area contributed by atoms with E-state index in [2.05, 4.69) is 0 Å². The lowest BCUT2D eigenvalue weighted by Crippen LogP contribution is -2.07. The van der Waals surface area contributed by atoms with Gasteiger partial charge in [0.2, 0.25) is 0 Å². The highest BCUT2D eigenvalue weighted by molar-refractivity contribution is 6.04. The number of aliphatic hydroxyl groups is 2. The van der Waals surface area contributed by atoms with E-state index in [0.717, 1.165) is 28.6 Å². The molecule has 0 fully saturated rings. The molecule has 0 saturated carbocycles. The number of carboxylic acids is 1. The van der Waals surface area contributed by atoms with Gasteiger partial charge in [-0.05, 0) is 44.4 Å². The molecule has 0 radical (unpaired) electrons. The number of nitrogens with zero attached hydrogens (tertiary/aromatic N) is 1. The average molecular weight is 305 g/mol. The van der Waals surface area contributed by atoms with Crippen LogP contribution in [0.5, 0.6) is 0 Å². The normalized spacial score (nSPS) is 12.8. The Morgan fingerprint density at radius 3 is 2.55 bits per heavy atom. The summed E-state index contributed by atoms with van der Waals surface area (Å²) in [6.07, 6.45) is 0.598. The first-order chi connectivity index (χ1) is 10.4. The summed E-state index contributed by atoms with van der Waals surface area (Å²) in [6, 6.07) is 3.66. The fourth-order valence-corrected chi connectivity index (χ4v) is 3.10. The van der Waals surface area contributed by atoms with Crippen molar-refractivity contribution in [1.29, 1.82) is 0 Å². The van der Waals surface area contributed by atoms with Crippen molar-refractivity contribution in [3.8, 4) is 0 Å². The van der Waals surface area contributed by atoms with Gasteiger partial charge in [-0.25, -0.2) is 4.79 Å². The van der Waals surface area contributed by atoms with Crippen molar-refractivity contribution >= 4 is 16.9 Å². The number of benzene rings is 1. The van der Waals surface area contributed by atoms with E-state index < -0.39 is 12.1 Å². The maximum absolute atomic E-state index is 11.7. The molecule has 1 atom stereocenters. The summed E-state index contributed by atoms with van der Waals surface area (Å²) < 4.78 is 1.90. The first kappa shape index (κ1) is 16.5. The molecule has 0 spiro atoms. The van der Waals surface area contributed by atoms with Gasteiger partial charge in [0.15, 0.2) is 0 Å². The van der Waals surface area contributed by atoms with E-state index in [1.54, 1.807) is 13.0 Å². The summed E-state index contributed by atoms with van der Waals surface area (Å²) in [4.78, 5) is 11.7. The molecule has 0 aliphatic rings. The number of aromatic nitrogens is 1. The van der Waals surface area contributed by atoms with Crippen molar-refractivity contribution in [2.75, 3.05) is 6.61 Å². The highest BCUT2D eigenvalue weighted by Gasteiger charge is 2.22. The first-order valence-corrected chi connectivity index (χ1v) is 7.60. The highest BCUT2D eigenvalue weighted by atomic mass is 16.4. The van der Waals surface area contributed by atoms with Crippen LogP contribution in [-0.2, 0) is 13.0 Å². The molecule has 0 saturated heterocycles. The van der Waals surface area contributed by atoms with Crippen LogP contribution in [0.4, 0.5) is 0 Å². The first-order valence-electron chi connectivity index (χ1n) is 7.60. The van der Waals surface area contributed by atoms with Crippen LogP contribution in [0, 0.1) is 6.92 Å². The average Bonchev–Trinajstić information content (AvgIpc) is 2.75. The SMILES string of the molecule is CCc1cc(C(=O)O)c2c(c1)c(C(C)O)c(C)n2CCCO. The molecule has 0 aliphatic heterocycles. The second-order valence-electron chi connectivity index (χ2n) is 5.60. The van der Waals surface area contributed by atoms with Crippen molar-refractivity contribution in [2.24, 2.45) is 0 Å². The third-order valence-electron chi connectivity index (χ3n) is 4.12. The van der Waals surface area contributed by atoms with Crippen molar-refractivity contribution < 1.29 is 20.1 Å². The zero-order chi connectivity index (χ0) is 16.4. The Labute approximate surface area is 129 Å². The Kier molecular flexibility index (Phi) is 4.88. The number of carboxylic acid groups (broad SMARTS) is 1. The van der Waals surface area contributed by atoms with Crippen LogP contribution in [0.25, 0.3) is 10.9 Å². The van der Waals surface area contributed by atoms with Crippen LogP contribution in [0.15, 0.2) is 12.1 Å². The third kappa shape index (κ3) is 2.74. The zero-order valence-corrected chi connectivity index (χ0v) is 13.3. The molecule has 5 heteroatoms. The van der Waals surface area contributed by atoms with Gasteiger partial charge in [-0.2, -0.15) is 0 Å². The lowest BCUT2D eigenvalue weighted by molar-refractivity contribution is 0.0698. The van der Waals surface area contributed by atoms with Crippen molar-refractivity contribution in [3.63, 3.8) is 0 Å². The fourth-order valence-electron chi connectivity index (χ4n) is 3.10. The second-order valence-corrected chi connectivity index (χ2v) is 5.60. The van der Waals surface area contributed by atoms with E-state index in [-0.39, 0.29) is 12.2 Å². The maximum Gasteiger partial charge on any atom is 0.337 e. The lowest BCUT2D eigenvalue weighted by atomic mass is 10.00. The van der Waals surface area contributed by atoms with E-state index in [0.29, 0.717) is 18.5 Å². The molecule has 1 heterocycles. The van der Waals surface area contributed by atoms with Crippen LogP contribution in [-0.4, -0.2) is 32.5 Å². The molecule has 0 amide bonds. The molecule has 5 nitrogen and oxygen atoms in total. The van der Waals surface area contributed by atoms with E-state index >= 15 is 0 Å². The fraction of sp³-hybridized carbons (Fsp3) is 0.471. The monoisotopic (exact) mass is 305 g/mol. The predicted molar refractivity (Wildman–Crippen MR) is 85.3 cm³/mol. The topological polar surface area (TPSA) is 82.7 Å². The van der Waals surface area contributed by atoms with Crippen molar-refractivity contribution in [3.05, 3.63) is 34.5 Å². The molecule has 0 bridgehead atoms. The maximum atomic E-state index is 11.7. The number of aryl methyl sites for hydroxylation is 2. The summed E-state index contributed by atoms with van der Waals surface area (Å²) in [5.41, 5.74) is 3.44. The predicted octanol–water partition coefficient (Wildman–Crippen LogP) is 2.65. The molecule has 120 valence electrons. The van der Waals surface area contributed by atoms with Crippen LogP contribution in [0.1, 0.15) is 53.6 Å². The summed E-state index contributed by atoms with van der Waals surface area (Å²) in [5.74, 6) is -0.972. The molecular formula is C17H23NO4. The van der Waals surface area contributed by atoms with Crippen molar-refractivity contribution in [1.82, 2.24) is 4.57 Å². The number of hydrogen-bond donors (Lipinski definition) is 3. The smallest absolute Gasteiger partial charge is 0.337 e.